The summed E-state index contributed by atoms with van der Waals surface area (Å²) >= 11 is 14.2. The van der Waals surface area contributed by atoms with Crippen LogP contribution in [0.15, 0.2) is 72.8 Å². The molecule has 2 N–H and O–H groups in total. The third kappa shape index (κ3) is 3.72. The molecule has 0 radical (unpaired) electrons. The first-order chi connectivity index (χ1) is 16.6. The summed E-state index contributed by atoms with van der Waals surface area (Å²) in [5.41, 5.74) is 3.31. The van der Waals surface area contributed by atoms with Gasteiger partial charge in [-0.15, -0.1) is 11.3 Å². The van der Waals surface area contributed by atoms with E-state index in [-0.39, 0.29) is 18.4 Å². The second-order valence-corrected chi connectivity index (χ2v) is 9.80. The maximum atomic E-state index is 12.9. The number of nitrogens with one attached hydrogen (secondary N) is 2. The van der Waals surface area contributed by atoms with Gasteiger partial charge in [-0.25, -0.2) is 9.67 Å². The Labute approximate surface area is 209 Å². The van der Waals surface area contributed by atoms with Crippen molar-refractivity contribution in [3.8, 4) is 10.6 Å². The molecule has 0 saturated carbocycles. The van der Waals surface area contributed by atoms with Crippen molar-refractivity contribution in [3.05, 3.63) is 88.4 Å². The van der Waals surface area contributed by atoms with Gasteiger partial charge in [0.1, 0.15) is 10.8 Å². The van der Waals surface area contributed by atoms with E-state index in [2.05, 4.69) is 10.6 Å². The molecule has 1 unspecified atom stereocenters. The Balaban J connectivity index is 1.56. The Bertz CT molecular complexity index is 1510. The molecule has 6 nitrogen and oxygen atoms in total. The van der Waals surface area contributed by atoms with Crippen LogP contribution >= 0.6 is 34.5 Å². The van der Waals surface area contributed by atoms with Crippen LogP contribution < -0.4 is 10.6 Å². The molecule has 5 aromatic rings. The van der Waals surface area contributed by atoms with E-state index < -0.39 is 0 Å². The Kier molecular flexibility index (Phi) is 5.25. The number of aromatic nitrogens is 3. The smallest absolute Gasteiger partial charge is 0.228 e. The molecule has 0 saturated heterocycles. The van der Waals surface area contributed by atoms with Crippen molar-refractivity contribution in [3.63, 3.8) is 0 Å². The molecule has 3 heterocycles. The van der Waals surface area contributed by atoms with Crippen LogP contribution in [-0.2, 0) is 4.79 Å². The summed E-state index contributed by atoms with van der Waals surface area (Å²) in [4.78, 5) is 17.7. The van der Waals surface area contributed by atoms with E-state index in [4.69, 9.17) is 33.3 Å². The fourth-order valence-electron chi connectivity index (χ4n) is 4.17. The van der Waals surface area contributed by atoms with Crippen LogP contribution in [0.4, 0.5) is 17.3 Å². The molecule has 0 spiro atoms. The van der Waals surface area contributed by atoms with Gasteiger partial charge in [0.15, 0.2) is 5.82 Å². The Morgan fingerprint density at radius 1 is 1.03 bits per heavy atom. The molecular formula is C25H17Cl2N5OS. The summed E-state index contributed by atoms with van der Waals surface area (Å²) < 4.78 is 2.88. The van der Waals surface area contributed by atoms with E-state index in [1.807, 2.05) is 65.3 Å². The van der Waals surface area contributed by atoms with Gasteiger partial charge < -0.3 is 10.6 Å². The number of rotatable bonds is 4. The fraction of sp³-hybridized carbons (Fsp3) is 0.0800. The molecule has 1 aliphatic rings. The molecule has 3 aromatic carbocycles. The number of amides is 1. The second-order valence-electron chi connectivity index (χ2n) is 7.93. The van der Waals surface area contributed by atoms with Crippen LogP contribution in [0.1, 0.15) is 18.0 Å². The van der Waals surface area contributed by atoms with Crippen molar-refractivity contribution < 1.29 is 4.79 Å². The molecule has 1 aliphatic heterocycles. The first kappa shape index (κ1) is 21.2. The molecule has 6 rings (SSSR count). The van der Waals surface area contributed by atoms with E-state index in [0.717, 1.165) is 32.0 Å². The van der Waals surface area contributed by atoms with E-state index in [1.54, 1.807) is 23.5 Å². The fourth-order valence-corrected chi connectivity index (χ4v) is 5.71. The number of para-hydroxylation sites is 2. The van der Waals surface area contributed by atoms with Gasteiger partial charge in [0.25, 0.3) is 0 Å². The zero-order valence-corrected chi connectivity index (χ0v) is 20.0. The minimum absolute atomic E-state index is 0.114. The Hall–Kier alpha value is -3.39. The molecule has 0 fully saturated rings. The first-order valence-corrected chi connectivity index (χ1v) is 12.2. The molecule has 1 amide bonds. The van der Waals surface area contributed by atoms with Crippen molar-refractivity contribution in [2.75, 3.05) is 10.6 Å². The minimum Gasteiger partial charge on any atom is -0.338 e. The predicted octanol–water partition coefficient (Wildman–Crippen LogP) is 7.14. The lowest BCUT2D eigenvalue weighted by molar-refractivity contribution is -0.117. The topological polar surface area (TPSA) is 71.8 Å². The number of anilines is 3. The summed E-state index contributed by atoms with van der Waals surface area (Å²) in [6.07, 6.45) is 0.208. The standard InChI is InChI=1S/C25H17Cl2N5OS/c26-14-10-11-16(17(27)12-14)19-13-21(33)30-24-22(25-29-18-8-4-5-9-20(18)34-25)23(31-32(19)24)28-15-6-2-1-3-7-15/h1-12,19H,13H2,(H,28,31)(H,30,33). The highest BCUT2D eigenvalue weighted by atomic mass is 35.5. The van der Waals surface area contributed by atoms with Crippen LogP contribution in [0.2, 0.25) is 10.0 Å². The molecule has 2 aromatic heterocycles. The number of thiazole rings is 1. The van der Waals surface area contributed by atoms with Gasteiger partial charge in [0, 0.05) is 15.7 Å². The molecule has 168 valence electrons. The normalized spacial score (nSPS) is 15.2. The Morgan fingerprint density at radius 3 is 2.62 bits per heavy atom. The average molecular weight is 506 g/mol. The summed E-state index contributed by atoms with van der Waals surface area (Å²) in [6, 6.07) is 22.7. The van der Waals surface area contributed by atoms with Gasteiger partial charge in [-0.1, -0.05) is 59.6 Å². The van der Waals surface area contributed by atoms with Crippen molar-refractivity contribution >= 4 is 68.0 Å². The zero-order chi connectivity index (χ0) is 23.2. The van der Waals surface area contributed by atoms with E-state index in [1.165, 1.54) is 0 Å². The minimum atomic E-state index is -0.382. The van der Waals surface area contributed by atoms with Crippen LogP contribution in [0, 0.1) is 0 Å². The zero-order valence-electron chi connectivity index (χ0n) is 17.6. The predicted molar refractivity (Wildman–Crippen MR) is 138 cm³/mol. The van der Waals surface area contributed by atoms with E-state index >= 15 is 0 Å². The third-order valence-electron chi connectivity index (χ3n) is 5.71. The van der Waals surface area contributed by atoms with Crippen molar-refractivity contribution in [1.29, 1.82) is 0 Å². The summed E-state index contributed by atoms with van der Waals surface area (Å²) in [5.74, 6) is 1.08. The quantitative estimate of drug-likeness (QED) is 0.272. The lowest BCUT2D eigenvalue weighted by Crippen LogP contribution is -2.29. The summed E-state index contributed by atoms with van der Waals surface area (Å²) in [7, 11) is 0. The number of benzene rings is 3. The molecule has 0 bridgehead atoms. The monoisotopic (exact) mass is 505 g/mol. The van der Waals surface area contributed by atoms with Crippen LogP contribution in [-0.4, -0.2) is 20.7 Å². The highest BCUT2D eigenvalue weighted by Crippen LogP contribution is 2.45. The van der Waals surface area contributed by atoms with Gasteiger partial charge in [-0.2, -0.15) is 5.10 Å². The maximum Gasteiger partial charge on any atom is 0.228 e. The lowest BCUT2D eigenvalue weighted by atomic mass is 10.0. The molecule has 34 heavy (non-hydrogen) atoms. The number of hydrogen-bond donors (Lipinski definition) is 2. The van der Waals surface area contributed by atoms with Crippen molar-refractivity contribution in [2.24, 2.45) is 0 Å². The number of carbonyl (C=O) groups excluding carboxylic acids is 1. The van der Waals surface area contributed by atoms with Crippen molar-refractivity contribution in [2.45, 2.75) is 12.5 Å². The largest absolute Gasteiger partial charge is 0.338 e. The summed E-state index contributed by atoms with van der Waals surface area (Å²) in [6.45, 7) is 0. The Morgan fingerprint density at radius 2 is 1.82 bits per heavy atom. The van der Waals surface area contributed by atoms with E-state index in [0.29, 0.717) is 21.7 Å². The van der Waals surface area contributed by atoms with Gasteiger partial charge in [0.2, 0.25) is 5.91 Å². The molecule has 1 atom stereocenters. The lowest BCUT2D eigenvalue weighted by Gasteiger charge is -2.26. The molecular weight excluding hydrogens is 489 g/mol. The highest BCUT2D eigenvalue weighted by Gasteiger charge is 2.34. The van der Waals surface area contributed by atoms with Gasteiger partial charge in [-0.3, -0.25) is 4.79 Å². The van der Waals surface area contributed by atoms with Crippen LogP contribution in [0.25, 0.3) is 20.8 Å². The number of carbonyl (C=O) groups is 1. The third-order valence-corrected chi connectivity index (χ3v) is 7.32. The molecule has 9 heteroatoms. The van der Waals surface area contributed by atoms with Crippen LogP contribution in [0.5, 0.6) is 0 Å². The van der Waals surface area contributed by atoms with Gasteiger partial charge >= 0.3 is 0 Å². The SMILES string of the molecule is O=C1CC(c2ccc(Cl)cc2Cl)n2nc(Nc3ccccc3)c(-c3nc4ccccc4s3)c2N1. The van der Waals surface area contributed by atoms with Crippen LogP contribution in [0.3, 0.4) is 0 Å². The first-order valence-electron chi connectivity index (χ1n) is 10.6. The molecule has 0 aliphatic carbocycles. The number of fused-ring (bicyclic) bond motifs is 2. The van der Waals surface area contributed by atoms with E-state index in [9.17, 15) is 4.79 Å². The number of nitrogens with zero attached hydrogens (tertiary/aromatic N) is 3. The number of halogens is 2. The van der Waals surface area contributed by atoms with Gasteiger partial charge in [0.05, 0.1) is 28.2 Å². The summed E-state index contributed by atoms with van der Waals surface area (Å²) in [5, 5.41) is 13.2. The number of hydrogen-bond acceptors (Lipinski definition) is 5. The highest BCUT2D eigenvalue weighted by molar-refractivity contribution is 7.21. The van der Waals surface area contributed by atoms with Gasteiger partial charge in [-0.05, 0) is 42.0 Å². The maximum absolute atomic E-state index is 12.9. The average Bonchev–Trinajstić information content (AvgIpc) is 3.40. The van der Waals surface area contributed by atoms with Crippen molar-refractivity contribution in [1.82, 2.24) is 14.8 Å². The second kappa shape index (κ2) is 8.43.